The number of nitrogens with zero attached hydrogens (tertiary/aromatic N) is 2. The first-order valence-corrected chi connectivity index (χ1v) is 9.01. The average molecular weight is 332 g/mol. The molecular formula is C19H28N2O3. The summed E-state index contributed by atoms with van der Waals surface area (Å²) in [7, 11) is 0. The molecule has 0 aliphatic heterocycles. The molecule has 5 nitrogen and oxygen atoms in total. The lowest BCUT2D eigenvalue weighted by Gasteiger charge is -2.27. The molecule has 1 aliphatic carbocycles. The summed E-state index contributed by atoms with van der Waals surface area (Å²) in [6, 6.07) is 3.82. The topological polar surface area (TPSA) is 59.5 Å². The fraction of sp³-hybridized carbons (Fsp3) is 0.632. The van der Waals surface area contributed by atoms with E-state index < -0.39 is 0 Å². The molecular weight excluding hydrogens is 304 g/mol. The van der Waals surface area contributed by atoms with Crippen molar-refractivity contribution in [2.24, 2.45) is 5.92 Å². The average Bonchev–Trinajstić information content (AvgIpc) is 2.60. The highest BCUT2D eigenvalue weighted by Gasteiger charge is 2.22. The Balaban J connectivity index is 1.94. The minimum Gasteiger partial charge on any atom is -0.466 e. The second-order valence-electron chi connectivity index (χ2n) is 6.44. The molecule has 0 spiro atoms. The molecule has 0 radical (unpaired) electrons. The molecule has 1 aromatic heterocycles. The van der Waals surface area contributed by atoms with E-state index in [2.05, 4.69) is 4.98 Å². The summed E-state index contributed by atoms with van der Waals surface area (Å²) >= 11 is 0. The second-order valence-corrected chi connectivity index (χ2v) is 6.44. The van der Waals surface area contributed by atoms with Crippen molar-refractivity contribution in [3.63, 3.8) is 0 Å². The van der Waals surface area contributed by atoms with E-state index >= 15 is 0 Å². The van der Waals surface area contributed by atoms with Gasteiger partial charge in [-0.05, 0) is 37.3 Å². The molecule has 1 fully saturated rings. The molecule has 5 heteroatoms. The summed E-state index contributed by atoms with van der Waals surface area (Å²) in [6.45, 7) is 3.06. The Bertz CT molecular complexity index is 513. The van der Waals surface area contributed by atoms with E-state index in [1.807, 2.05) is 12.1 Å². The number of amides is 1. The van der Waals surface area contributed by atoms with E-state index in [1.54, 1.807) is 24.2 Å². The minimum absolute atomic E-state index is 0.134. The molecule has 0 unspecified atom stereocenters. The highest BCUT2D eigenvalue weighted by molar-refractivity contribution is 5.77. The van der Waals surface area contributed by atoms with E-state index in [9.17, 15) is 9.59 Å². The van der Waals surface area contributed by atoms with Gasteiger partial charge < -0.3 is 9.64 Å². The number of hydrogen-bond acceptors (Lipinski definition) is 4. The van der Waals surface area contributed by atoms with E-state index in [1.165, 1.54) is 19.3 Å². The Morgan fingerprint density at radius 3 is 2.75 bits per heavy atom. The predicted molar refractivity (Wildman–Crippen MR) is 92.1 cm³/mol. The molecule has 0 aromatic carbocycles. The Hall–Kier alpha value is -1.91. The predicted octanol–water partition coefficient (Wildman–Crippen LogP) is 3.33. The zero-order valence-electron chi connectivity index (χ0n) is 14.6. The maximum absolute atomic E-state index is 12.7. The monoisotopic (exact) mass is 332 g/mol. The number of esters is 1. The molecule has 1 saturated carbocycles. The van der Waals surface area contributed by atoms with Crippen LogP contribution in [-0.2, 0) is 20.9 Å². The van der Waals surface area contributed by atoms with Gasteiger partial charge in [-0.1, -0.05) is 25.3 Å². The van der Waals surface area contributed by atoms with Gasteiger partial charge in [0.2, 0.25) is 5.91 Å². The van der Waals surface area contributed by atoms with E-state index in [-0.39, 0.29) is 18.3 Å². The van der Waals surface area contributed by atoms with Crippen LogP contribution in [0, 0.1) is 5.92 Å². The fourth-order valence-corrected chi connectivity index (χ4v) is 3.23. The van der Waals surface area contributed by atoms with Crippen LogP contribution in [-0.4, -0.2) is 34.9 Å². The molecule has 0 atom stereocenters. The molecule has 132 valence electrons. The largest absolute Gasteiger partial charge is 0.466 e. The highest BCUT2D eigenvalue weighted by atomic mass is 16.5. The van der Waals surface area contributed by atoms with E-state index in [0.29, 0.717) is 32.0 Å². The maximum Gasteiger partial charge on any atom is 0.307 e. The SMILES string of the molecule is CCOC(=O)CCN(Cc1cccnc1)C(=O)CC1CCCCC1. The first-order valence-electron chi connectivity index (χ1n) is 9.01. The number of ether oxygens (including phenoxy) is 1. The van der Waals surface area contributed by atoms with Crippen molar-refractivity contribution in [1.29, 1.82) is 0 Å². The van der Waals surface area contributed by atoms with Crippen LogP contribution in [0.3, 0.4) is 0 Å². The van der Waals surface area contributed by atoms with Crippen LogP contribution in [0.2, 0.25) is 0 Å². The molecule has 24 heavy (non-hydrogen) atoms. The van der Waals surface area contributed by atoms with Gasteiger partial charge in [0.25, 0.3) is 0 Å². The van der Waals surface area contributed by atoms with Gasteiger partial charge in [0.1, 0.15) is 0 Å². The summed E-state index contributed by atoms with van der Waals surface area (Å²) in [5.41, 5.74) is 0.985. The molecule has 0 bridgehead atoms. The number of pyridine rings is 1. The van der Waals surface area contributed by atoms with Crippen LogP contribution in [0.1, 0.15) is 57.4 Å². The Kier molecular flexibility index (Phi) is 7.72. The van der Waals surface area contributed by atoms with Gasteiger partial charge >= 0.3 is 5.97 Å². The zero-order chi connectivity index (χ0) is 17.2. The van der Waals surface area contributed by atoms with Gasteiger partial charge in [-0.3, -0.25) is 14.6 Å². The number of rotatable bonds is 8. The molecule has 1 aromatic rings. The number of carbonyl (C=O) groups excluding carboxylic acids is 2. The minimum atomic E-state index is -0.251. The van der Waals surface area contributed by atoms with Crippen LogP contribution in [0.15, 0.2) is 24.5 Å². The quantitative estimate of drug-likeness (QED) is 0.685. The van der Waals surface area contributed by atoms with Crippen molar-refractivity contribution in [3.8, 4) is 0 Å². The van der Waals surface area contributed by atoms with Crippen molar-refractivity contribution >= 4 is 11.9 Å². The third-order valence-corrected chi connectivity index (χ3v) is 4.53. The third-order valence-electron chi connectivity index (χ3n) is 4.53. The summed E-state index contributed by atoms with van der Waals surface area (Å²) in [4.78, 5) is 30.3. The molecule has 0 N–H and O–H groups in total. The Labute approximate surface area is 144 Å². The molecule has 1 heterocycles. The van der Waals surface area contributed by atoms with Gasteiger partial charge in [0.05, 0.1) is 13.0 Å². The van der Waals surface area contributed by atoms with E-state index in [0.717, 1.165) is 18.4 Å². The summed E-state index contributed by atoms with van der Waals surface area (Å²) < 4.78 is 4.98. The zero-order valence-corrected chi connectivity index (χ0v) is 14.6. The fourth-order valence-electron chi connectivity index (χ4n) is 3.23. The standard InChI is InChI=1S/C19H28N2O3/c1-2-24-19(23)10-12-21(15-17-9-6-11-20-14-17)18(22)13-16-7-4-3-5-8-16/h6,9,11,14,16H,2-5,7-8,10,12-13,15H2,1H3. The van der Waals surface area contributed by atoms with Crippen LogP contribution in [0.25, 0.3) is 0 Å². The number of carbonyl (C=O) groups is 2. The van der Waals surface area contributed by atoms with Gasteiger partial charge in [0, 0.05) is 31.9 Å². The van der Waals surface area contributed by atoms with Crippen molar-refractivity contribution in [2.75, 3.05) is 13.2 Å². The number of hydrogen-bond donors (Lipinski definition) is 0. The van der Waals surface area contributed by atoms with Crippen LogP contribution in [0.4, 0.5) is 0 Å². The van der Waals surface area contributed by atoms with Crippen LogP contribution in [0.5, 0.6) is 0 Å². The van der Waals surface area contributed by atoms with Crippen molar-refractivity contribution in [2.45, 2.75) is 58.4 Å². The van der Waals surface area contributed by atoms with Crippen LogP contribution < -0.4 is 0 Å². The van der Waals surface area contributed by atoms with Gasteiger partial charge in [-0.15, -0.1) is 0 Å². The molecule has 2 rings (SSSR count). The lowest BCUT2D eigenvalue weighted by Crippen LogP contribution is -2.34. The smallest absolute Gasteiger partial charge is 0.307 e. The van der Waals surface area contributed by atoms with Gasteiger partial charge in [-0.2, -0.15) is 0 Å². The number of aromatic nitrogens is 1. The summed E-state index contributed by atoms with van der Waals surface area (Å²) in [5.74, 6) is 0.374. The van der Waals surface area contributed by atoms with Crippen LogP contribution >= 0.6 is 0 Å². The molecule has 1 aliphatic rings. The Morgan fingerprint density at radius 1 is 1.29 bits per heavy atom. The Morgan fingerprint density at radius 2 is 2.08 bits per heavy atom. The van der Waals surface area contributed by atoms with Crippen molar-refractivity contribution in [3.05, 3.63) is 30.1 Å². The van der Waals surface area contributed by atoms with Gasteiger partial charge in [0.15, 0.2) is 0 Å². The molecule has 1 amide bonds. The normalized spacial score (nSPS) is 15.0. The molecule has 0 saturated heterocycles. The first kappa shape index (κ1) is 18.4. The van der Waals surface area contributed by atoms with Crippen molar-refractivity contribution in [1.82, 2.24) is 9.88 Å². The van der Waals surface area contributed by atoms with Gasteiger partial charge in [-0.25, -0.2) is 0 Å². The summed E-state index contributed by atoms with van der Waals surface area (Å²) in [5, 5.41) is 0. The highest BCUT2D eigenvalue weighted by Crippen LogP contribution is 2.27. The lowest BCUT2D eigenvalue weighted by molar-refractivity contribution is -0.144. The second kappa shape index (κ2) is 10.1. The first-order chi connectivity index (χ1) is 11.7. The maximum atomic E-state index is 12.7. The van der Waals surface area contributed by atoms with E-state index in [4.69, 9.17) is 4.74 Å². The third kappa shape index (κ3) is 6.30. The lowest BCUT2D eigenvalue weighted by atomic mass is 9.86. The summed E-state index contributed by atoms with van der Waals surface area (Å²) in [6.07, 6.45) is 10.3. The van der Waals surface area contributed by atoms with Crippen molar-refractivity contribution < 1.29 is 14.3 Å².